The van der Waals surface area contributed by atoms with E-state index in [2.05, 4.69) is 0 Å². The van der Waals surface area contributed by atoms with Gasteiger partial charge in [0.15, 0.2) is 29.7 Å². The summed E-state index contributed by atoms with van der Waals surface area (Å²) in [4.78, 5) is 25.5. The number of carboxylic acid groups (broad SMARTS) is 1. The lowest BCUT2D eigenvalue weighted by atomic mass is 9.85. The normalized spacial score (nSPS) is 13.0. The lowest BCUT2D eigenvalue weighted by molar-refractivity contribution is -0.139. The largest absolute Gasteiger partial charge is 0.493 e. The van der Waals surface area contributed by atoms with Gasteiger partial charge < -0.3 is 24.2 Å². The monoisotopic (exact) mass is 472 g/mol. The molecule has 0 saturated heterocycles. The highest BCUT2D eigenvalue weighted by molar-refractivity contribution is 6.06. The third-order valence-corrected chi connectivity index (χ3v) is 5.49. The Kier molecular flexibility index (Phi) is 7.14. The molecule has 0 fully saturated rings. The average Bonchev–Trinajstić information content (AvgIpc) is 3.08. The van der Waals surface area contributed by atoms with E-state index in [9.17, 15) is 9.59 Å². The van der Waals surface area contributed by atoms with Crippen LogP contribution in [0, 0.1) is 11.2 Å². The molecule has 8 nitrogen and oxygen atoms in total. The number of halogens is 1. The van der Waals surface area contributed by atoms with Crippen LogP contribution < -0.4 is 14.2 Å². The smallest absolute Gasteiger partial charge is 0.341 e. The number of amidine groups is 1. The molecule has 3 rings (SSSR count). The second-order valence-electron chi connectivity index (χ2n) is 8.96. The molecule has 0 amide bonds. The summed E-state index contributed by atoms with van der Waals surface area (Å²) in [5.74, 6) is -1.54. The topological polar surface area (TPSA) is 109 Å². The fraction of sp³-hybridized carbons (Fsp3) is 0.400. The number of nitrogens with zero attached hydrogens (tertiary/aromatic N) is 1. The van der Waals surface area contributed by atoms with Crippen LogP contribution in [0.5, 0.6) is 17.2 Å². The number of Topliss-reactive ketones (excluding diaryl/α,β-unsaturated/α-hetero) is 1. The Morgan fingerprint density at radius 1 is 1.18 bits per heavy atom. The van der Waals surface area contributed by atoms with Gasteiger partial charge in [0.1, 0.15) is 11.6 Å². The summed E-state index contributed by atoms with van der Waals surface area (Å²) in [6.07, 6.45) is 0. The van der Waals surface area contributed by atoms with Crippen LogP contribution in [0.2, 0.25) is 0 Å². The van der Waals surface area contributed by atoms with E-state index in [1.54, 1.807) is 31.2 Å². The molecular formula is C25H29FN2O6. The zero-order valence-electron chi connectivity index (χ0n) is 20.0. The number of carboxylic acids is 1. The Morgan fingerprint density at radius 2 is 1.88 bits per heavy atom. The molecule has 2 aromatic rings. The first-order valence-electron chi connectivity index (χ1n) is 10.9. The first-order valence-corrected chi connectivity index (χ1v) is 10.9. The summed E-state index contributed by atoms with van der Waals surface area (Å²) in [5.41, 5.74) is 1.32. The minimum Gasteiger partial charge on any atom is -0.493 e. The van der Waals surface area contributed by atoms with Crippen molar-refractivity contribution in [2.24, 2.45) is 0 Å². The van der Waals surface area contributed by atoms with Gasteiger partial charge in [-0.15, -0.1) is 0 Å². The highest BCUT2D eigenvalue weighted by Gasteiger charge is 2.33. The van der Waals surface area contributed by atoms with Crippen molar-refractivity contribution in [2.75, 3.05) is 26.9 Å². The summed E-state index contributed by atoms with van der Waals surface area (Å²) in [7, 11) is 1.42. The zero-order valence-corrected chi connectivity index (χ0v) is 20.0. The van der Waals surface area contributed by atoms with Crippen LogP contribution in [0.25, 0.3) is 0 Å². The van der Waals surface area contributed by atoms with E-state index < -0.39 is 23.8 Å². The van der Waals surface area contributed by atoms with Crippen molar-refractivity contribution in [3.05, 3.63) is 52.3 Å². The number of benzene rings is 2. The molecule has 182 valence electrons. The second kappa shape index (κ2) is 9.70. The van der Waals surface area contributed by atoms with E-state index in [0.29, 0.717) is 22.4 Å². The minimum atomic E-state index is -1.09. The number of fused-ring (bicyclic) bond motifs is 1. The summed E-state index contributed by atoms with van der Waals surface area (Å²) in [5, 5.41) is 17.4. The highest BCUT2D eigenvalue weighted by atomic mass is 19.1. The molecule has 0 aromatic heterocycles. The van der Waals surface area contributed by atoms with Gasteiger partial charge in [0, 0.05) is 17.7 Å². The molecule has 9 heteroatoms. The van der Waals surface area contributed by atoms with E-state index in [1.807, 2.05) is 20.8 Å². The summed E-state index contributed by atoms with van der Waals surface area (Å²) in [6.45, 7) is 7.34. The molecule has 0 spiro atoms. The fourth-order valence-corrected chi connectivity index (χ4v) is 3.87. The van der Waals surface area contributed by atoms with Gasteiger partial charge in [0.05, 0.1) is 25.8 Å². The molecular weight excluding hydrogens is 443 g/mol. The number of carbonyl (C=O) groups is 2. The molecule has 0 atom stereocenters. The van der Waals surface area contributed by atoms with E-state index in [4.69, 9.17) is 24.7 Å². The third kappa shape index (κ3) is 4.98. The van der Waals surface area contributed by atoms with Gasteiger partial charge in [0.2, 0.25) is 0 Å². The fourth-order valence-electron chi connectivity index (χ4n) is 3.87. The average molecular weight is 473 g/mol. The van der Waals surface area contributed by atoms with Gasteiger partial charge in [-0.1, -0.05) is 20.8 Å². The Morgan fingerprint density at radius 3 is 2.47 bits per heavy atom. The summed E-state index contributed by atoms with van der Waals surface area (Å²) >= 11 is 0. The van der Waals surface area contributed by atoms with Crippen LogP contribution in [0.15, 0.2) is 24.3 Å². The van der Waals surface area contributed by atoms with Crippen LogP contribution in [0.3, 0.4) is 0 Å². The number of ether oxygens (including phenoxy) is 3. The van der Waals surface area contributed by atoms with Gasteiger partial charge in [-0.3, -0.25) is 10.2 Å². The molecule has 1 aliphatic rings. The first-order chi connectivity index (χ1) is 16.0. The first kappa shape index (κ1) is 25.0. The summed E-state index contributed by atoms with van der Waals surface area (Å²) in [6, 6.07) is 6.47. The second-order valence-corrected chi connectivity index (χ2v) is 8.96. The lowest BCUT2D eigenvalue weighted by Gasteiger charge is -2.24. The van der Waals surface area contributed by atoms with Crippen LogP contribution >= 0.6 is 0 Å². The molecule has 0 radical (unpaired) electrons. The highest BCUT2D eigenvalue weighted by Crippen LogP contribution is 2.39. The number of hydrogen-bond acceptors (Lipinski definition) is 6. The molecule has 0 unspecified atom stereocenters. The number of hydrogen-bond donors (Lipinski definition) is 2. The predicted molar refractivity (Wildman–Crippen MR) is 124 cm³/mol. The molecule has 2 N–H and O–H groups in total. The van der Waals surface area contributed by atoms with Crippen molar-refractivity contribution in [3.63, 3.8) is 0 Å². The number of carbonyl (C=O) groups excluding carboxylic acids is 1. The van der Waals surface area contributed by atoms with Crippen molar-refractivity contribution >= 4 is 17.6 Å². The molecule has 0 aliphatic carbocycles. The maximum absolute atomic E-state index is 15.1. The third-order valence-electron chi connectivity index (χ3n) is 5.49. The summed E-state index contributed by atoms with van der Waals surface area (Å²) < 4.78 is 31.2. The SMILES string of the molecule is CCOc1c(OC)cc2c(c1F)C(=N)N(CC(=O)c1ccc(OCC(=O)O)c(C(C)(C)C)c1)C2. The van der Waals surface area contributed by atoms with Crippen LogP contribution in [-0.2, 0) is 16.8 Å². The van der Waals surface area contributed by atoms with Crippen molar-refractivity contribution < 1.29 is 33.3 Å². The number of rotatable bonds is 9. The molecule has 2 aromatic carbocycles. The standard InChI is InChI=1S/C25H29FN2O6/c1-6-33-23-19(32-5)10-15-11-28(24(27)21(15)22(23)26)12-17(29)14-7-8-18(34-13-20(30)31)16(9-14)25(2,3)4/h7-10,27H,6,11-13H2,1-5H3,(H,30,31). The quantitative estimate of drug-likeness (QED) is 0.531. The number of nitrogens with one attached hydrogen (secondary N) is 1. The zero-order chi connectivity index (χ0) is 25.2. The lowest BCUT2D eigenvalue weighted by Crippen LogP contribution is -2.30. The maximum Gasteiger partial charge on any atom is 0.341 e. The van der Waals surface area contributed by atoms with Crippen molar-refractivity contribution in [1.82, 2.24) is 4.90 Å². The van der Waals surface area contributed by atoms with E-state index in [0.717, 1.165) is 0 Å². The molecule has 1 heterocycles. The van der Waals surface area contributed by atoms with Gasteiger partial charge in [0.25, 0.3) is 0 Å². The van der Waals surface area contributed by atoms with Crippen LogP contribution in [0.4, 0.5) is 4.39 Å². The number of ketones is 1. The Bertz CT molecular complexity index is 1140. The maximum atomic E-state index is 15.1. The Hall–Kier alpha value is -3.62. The number of methoxy groups -OCH3 is 1. The van der Waals surface area contributed by atoms with E-state index in [1.165, 1.54) is 12.0 Å². The van der Waals surface area contributed by atoms with Crippen molar-refractivity contribution in [1.29, 1.82) is 5.41 Å². The Balaban J connectivity index is 1.86. The Labute approximate surface area is 197 Å². The van der Waals surface area contributed by atoms with Crippen molar-refractivity contribution in [3.8, 4) is 17.2 Å². The van der Waals surface area contributed by atoms with Crippen LogP contribution in [0.1, 0.15) is 54.7 Å². The minimum absolute atomic E-state index is 0.0477. The van der Waals surface area contributed by atoms with Gasteiger partial charge in [-0.25, -0.2) is 9.18 Å². The molecule has 0 bridgehead atoms. The van der Waals surface area contributed by atoms with Crippen molar-refractivity contribution in [2.45, 2.75) is 39.7 Å². The molecule has 1 aliphatic heterocycles. The van der Waals surface area contributed by atoms with Crippen LogP contribution in [-0.4, -0.2) is 54.5 Å². The number of aliphatic carboxylic acids is 1. The van der Waals surface area contributed by atoms with Gasteiger partial charge in [-0.2, -0.15) is 0 Å². The van der Waals surface area contributed by atoms with Gasteiger partial charge in [-0.05, 0) is 42.2 Å². The van der Waals surface area contributed by atoms with E-state index in [-0.39, 0.29) is 48.4 Å². The predicted octanol–water partition coefficient (Wildman–Crippen LogP) is 4.02. The molecule has 34 heavy (non-hydrogen) atoms. The van der Waals surface area contributed by atoms with Gasteiger partial charge >= 0.3 is 5.97 Å². The van der Waals surface area contributed by atoms with E-state index >= 15 is 4.39 Å². The molecule has 0 saturated carbocycles.